The van der Waals surface area contributed by atoms with Gasteiger partial charge in [-0.05, 0) is 24.5 Å². The molecule has 0 aliphatic carbocycles. The molecule has 0 fully saturated rings. The Morgan fingerprint density at radius 1 is 1.10 bits per heavy atom. The van der Waals surface area contributed by atoms with E-state index in [2.05, 4.69) is 0 Å². The number of ether oxygens (including phenoxy) is 1. The monoisotopic (exact) mass is 416 g/mol. The number of nitro benzene ring substituents is 1. The Balaban J connectivity index is 2.08. The average molecular weight is 416 g/mol. The number of non-ortho nitro benzene ring substituents is 1. The van der Waals surface area contributed by atoms with E-state index in [1.54, 1.807) is 30.3 Å². The van der Waals surface area contributed by atoms with Crippen LogP contribution in [-0.4, -0.2) is 29.7 Å². The summed E-state index contributed by atoms with van der Waals surface area (Å²) in [5.41, 5.74) is 0.342. The van der Waals surface area contributed by atoms with Crippen LogP contribution in [0.4, 0.5) is 5.69 Å². The zero-order valence-corrected chi connectivity index (χ0v) is 16.7. The molecule has 0 saturated carbocycles. The predicted molar refractivity (Wildman–Crippen MR) is 106 cm³/mol. The van der Waals surface area contributed by atoms with Crippen LogP contribution >= 0.6 is 0 Å². The highest BCUT2D eigenvalue weighted by Gasteiger charge is 2.39. The highest BCUT2D eigenvalue weighted by Crippen LogP contribution is 2.31. The van der Waals surface area contributed by atoms with Gasteiger partial charge in [-0.2, -0.15) is 0 Å². The van der Waals surface area contributed by atoms with Crippen LogP contribution in [0.25, 0.3) is 5.76 Å². The van der Waals surface area contributed by atoms with Crippen LogP contribution in [-0.2, 0) is 19.6 Å². The van der Waals surface area contributed by atoms with E-state index < -0.39 is 27.0 Å². The summed E-state index contributed by atoms with van der Waals surface area (Å²) in [5, 5.41) is 10.9. The SMILES string of the molecule is CC(C)C[C@@H]1C(=O)OC(c2ccccc2)=CN1S(=O)(=O)c1ccc([N+](=O)[O-])cc1. The van der Waals surface area contributed by atoms with Crippen molar-refractivity contribution in [2.45, 2.75) is 31.2 Å². The zero-order chi connectivity index (χ0) is 21.2. The first-order chi connectivity index (χ1) is 13.7. The van der Waals surface area contributed by atoms with E-state index in [9.17, 15) is 23.3 Å². The molecule has 0 unspecified atom stereocenters. The lowest BCUT2D eigenvalue weighted by atomic mass is 10.0. The van der Waals surface area contributed by atoms with Gasteiger partial charge in [0.1, 0.15) is 6.04 Å². The molecule has 8 nitrogen and oxygen atoms in total. The van der Waals surface area contributed by atoms with Gasteiger partial charge in [0.05, 0.1) is 16.0 Å². The van der Waals surface area contributed by atoms with Gasteiger partial charge >= 0.3 is 5.97 Å². The van der Waals surface area contributed by atoms with Crippen LogP contribution in [0.3, 0.4) is 0 Å². The van der Waals surface area contributed by atoms with Gasteiger partial charge in [0, 0.05) is 17.7 Å². The van der Waals surface area contributed by atoms with Crippen LogP contribution in [0, 0.1) is 16.0 Å². The number of cyclic esters (lactones) is 1. The van der Waals surface area contributed by atoms with Gasteiger partial charge in [-0.25, -0.2) is 13.2 Å². The molecule has 0 N–H and O–H groups in total. The van der Waals surface area contributed by atoms with Crippen LogP contribution in [0.2, 0.25) is 0 Å². The highest BCUT2D eigenvalue weighted by molar-refractivity contribution is 7.89. The predicted octanol–water partition coefficient (Wildman–Crippen LogP) is 3.56. The first-order valence-electron chi connectivity index (χ1n) is 8.97. The number of sulfonamides is 1. The van der Waals surface area contributed by atoms with Crippen molar-refractivity contribution < 1.29 is 22.9 Å². The van der Waals surface area contributed by atoms with Gasteiger partial charge in [-0.3, -0.25) is 14.4 Å². The van der Waals surface area contributed by atoms with Crippen molar-refractivity contribution in [1.29, 1.82) is 0 Å². The quantitative estimate of drug-likeness (QED) is 0.405. The minimum absolute atomic E-state index is 0.0359. The van der Waals surface area contributed by atoms with E-state index in [-0.39, 0.29) is 28.7 Å². The summed E-state index contributed by atoms with van der Waals surface area (Å²) in [4.78, 5) is 22.8. The van der Waals surface area contributed by atoms with E-state index in [0.29, 0.717) is 5.56 Å². The van der Waals surface area contributed by atoms with Gasteiger partial charge in [0.25, 0.3) is 15.7 Å². The second-order valence-electron chi connectivity index (χ2n) is 7.01. The normalized spacial score (nSPS) is 17.1. The molecule has 0 spiro atoms. The fourth-order valence-corrected chi connectivity index (χ4v) is 4.46. The number of benzene rings is 2. The lowest BCUT2D eigenvalue weighted by molar-refractivity contribution is -0.384. The van der Waals surface area contributed by atoms with E-state index >= 15 is 0 Å². The van der Waals surface area contributed by atoms with Crippen molar-refractivity contribution in [3.05, 3.63) is 76.5 Å². The van der Waals surface area contributed by atoms with Gasteiger partial charge in [-0.1, -0.05) is 44.2 Å². The summed E-state index contributed by atoms with van der Waals surface area (Å²) in [6.07, 6.45) is 1.57. The summed E-state index contributed by atoms with van der Waals surface area (Å²) < 4.78 is 33.0. The summed E-state index contributed by atoms with van der Waals surface area (Å²) in [6, 6.07) is 12.2. The highest BCUT2D eigenvalue weighted by atomic mass is 32.2. The van der Waals surface area contributed by atoms with Gasteiger partial charge in [0.15, 0.2) is 5.76 Å². The smallest absolute Gasteiger partial charge is 0.335 e. The second-order valence-corrected chi connectivity index (χ2v) is 8.85. The molecule has 0 bridgehead atoms. The molecule has 1 atom stereocenters. The Bertz CT molecular complexity index is 1050. The number of nitro groups is 1. The maximum atomic E-state index is 13.3. The average Bonchev–Trinajstić information content (AvgIpc) is 2.69. The minimum Gasteiger partial charge on any atom is -0.423 e. The molecule has 2 aromatic rings. The third-order valence-corrected chi connectivity index (χ3v) is 6.19. The third-order valence-electron chi connectivity index (χ3n) is 4.41. The van der Waals surface area contributed by atoms with Crippen molar-refractivity contribution in [2.75, 3.05) is 0 Å². The number of nitrogens with zero attached hydrogens (tertiary/aromatic N) is 2. The van der Waals surface area contributed by atoms with Crippen molar-refractivity contribution in [2.24, 2.45) is 5.92 Å². The molecule has 0 amide bonds. The Labute approximate surface area is 168 Å². The maximum Gasteiger partial charge on any atom is 0.335 e. The summed E-state index contributed by atoms with van der Waals surface area (Å²) >= 11 is 0. The molecule has 1 aliphatic rings. The number of carbonyl (C=O) groups excluding carboxylic acids is 1. The molecule has 0 aromatic heterocycles. The Hall–Kier alpha value is -3.20. The van der Waals surface area contributed by atoms with Crippen molar-refractivity contribution >= 4 is 27.4 Å². The summed E-state index contributed by atoms with van der Waals surface area (Å²) in [6.45, 7) is 3.75. The topological polar surface area (TPSA) is 107 Å². The Morgan fingerprint density at radius 2 is 1.72 bits per heavy atom. The van der Waals surface area contributed by atoms with E-state index in [1.165, 1.54) is 6.20 Å². The molecule has 1 aliphatic heterocycles. The van der Waals surface area contributed by atoms with Crippen LogP contribution < -0.4 is 0 Å². The second kappa shape index (κ2) is 8.04. The number of hydrogen-bond donors (Lipinski definition) is 0. The zero-order valence-electron chi connectivity index (χ0n) is 15.9. The van der Waals surface area contributed by atoms with Crippen molar-refractivity contribution in [3.8, 4) is 0 Å². The Kier molecular flexibility index (Phi) is 5.69. The molecular weight excluding hydrogens is 396 g/mol. The number of esters is 1. The number of carbonyl (C=O) groups is 1. The van der Waals surface area contributed by atoms with Gasteiger partial charge in [0.2, 0.25) is 0 Å². The molecule has 3 rings (SSSR count). The van der Waals surface area contributed by atoms with Gasteiger partial charge in [-0.15, -0.1) is 0 Å². The molecule has 0 saturated heterocycles. The maximum absolute atomic E-state index is 13.3. The fraction of sp³-hybridized carbons (Fsp3) is 0.250. The van der Waals surface area contributed by atoms with E-state index in [0.717, 1.165) is 28.6 Å². The van der Waals surface area contributed by atoms with Gasteiger partial charge < -0.3 is 4.74 Å². The largest absolute Gasteiger partial charge is 0.423 e. The Morgan fingerprint density at radius 3 is 2.28 bits per heavy atom. The molecule has 29 heavy (non-hydrogen) atoms. The van der Waals surface area contributed by atoms with E-state index in [1.807, 2.05) is 13.8 Å². The molecule has 2 aromatic carbocycles. The molecule has 1 heterocycles. The van der Waals surface area contributed by atoms with Crippen LogP contribution in [0.1, 0.15) is 25.8 Å². The fourth-order valence-electron chi connectivity index (χ4n) is 2.99. The third kappa shape index (κ3) is 4.29. The minimum atomic E-state index is -4.14. The van der Waals surface area contributed by atoms with E-state index in [4.69, 9.17) is 4.74 Å². The van der Waals surface area contributed by atoms with Crippen LogP contribution in [0.5, 0.6) is 0 Å². The number of hydrogen-bond acceptors (Lipinski definition) is 6. The molecule has 0 radical (unpaired) electrons. The molecule has 152 valence electrons. The van der Waals surface area contributed by atoms with Crippen molar-refractivity contribution in [1.82, 2.24) is 4.31 Å². The standard InChI is InChI=1S/C20H20N2O6S/c1-14(2)12-18-20(23)28-19(15-6-4-3-5-7-15)13-21(18)29(26,27)17-10-8-16(9-11-17)22(24)25/h3-11,13-14,18H,12H2,1-2H3/t18-/m1/s1. The van der Waals surface area contributed by atoms with Crippen molar-refractivity contribution in [3.63, 3.8) is 0 Å². The first kappa shape index (κ1) is 20.5. The van der Waals surface area contributed by atoms with Crippen LogP contribution in [0.15, 0.2) is 65.7 Å². The first-order valence-corrected chi connectivity index (χ1v) is 10.4. The summed E-state index contributed by atoms with van der Waals surface area (Å²) in [5.74, 6) is -0.500. The molecule has 9 heteroatoms. The lowest BCUT2D eigenvalue weighted by Gasteiger charge is -2.33. The lowest BCUT2D eigenvalue weighted by Crippen LogP contribution is -2.46. The number of rotatable bonds is 6. The summed E-state index contributed by atoms with van der Waals surface area (Å²) in [7, 11) is -4.14. The molecular formula is C20H20N2O6S.